The van der Waals surface area contributed by atoms with Gasteiger partial charge in [-0.3, -0.25) is 13.9 Å². The molecule has 0 amide bonds. The van der Waals surface area contributed by atoms with Gasteiger partial charge < -0.3 is 34.7 Å². The van der Waals surface area contributed by atoms with E-state index in [0.717, 1.165) is 5.39 Å². The van der Waals surface area contributed by atoms with Crippen LogP contribution < -0.4 is 20.1 Å². The lowest BCUT2D eigenvalue weighted by molar-refractivity contribution is -0.148. The molecule has 1 aliphatic rings. The smallest absolute Gasteiger partial charge is 0.459 e. The fraction of sp³-hybridized carbons (Fsp3) is 0.500. The summed E-state index contributed by atoms with van der Waals surface area (Å²) in [5.74, 6) is -0.370. The number of rotatable bonds is 12. The number of nitrogens with one attached hydrogen (secondary N) is 1. The summed E-state index contributed by atoms with van der Waals surface area (Å²) in [6, 6.07) is 11.5. The number of fused-ring (bicyclic) bond motifs is 2. The molecule has 0 spiro atoms. The molecule has 16 heteroatoms. The normalized spacial score (nSPS) is 23.3. The Hall–Kier alpha value is -3.85. The summed E-state index contributed by atoms with van der Waals surface area (Å²) in [5.41, 5.74) is 4.22. The number of aromatic nitrogens is 4. The number of nitrogens with zero attached hydrogens (tertiary/aromatic N) is 4. The number of benzene rings is 2. The Kier molecular flexibility index (Phi) is 10.0. The Morgan fingerprint density at radius 2 is 1.88 bits per heavy atom. The van der Waals surface area contributed by atoms with Crippen molar-refractivity contribution in [3.8, 4) is 11.6 Å². The van der Waals surface area contributed by atoms with E-state index < -0.39 is 50.4 Å². The number of hydrogen-bond acceptors (Lipinski definition) is 13. The molecule has 2 aromatic heterocycles. The van der Waals surface area contributed by atoms with Gasteiger partial charge in [0, 0.05) is 5.39 Å². The van der Waals surface area contributed by atoms with Crippen molar-refractivity contribution in [3.05, 3.63) is 48.8 Å². The molecular weight excluding hydrogens is 643 g/mol. The summed E-state index contributed by atoms with van der Waals surface area (Å²) in [7, 11) is -4.38. The SMILES string of the molecule is CC(C)Oc1nc(N)nc2c1ncn2[C@@H]1O[C@H](COP(=O)(N[C@@H](C)C(=O)OCC(C)(C)C)Oc2cccc3ccccc23)[C@@H](O)[C@@]1(C)O. The molecule has 3 heterocycles. The third-order valence-electron chi connectivity index (χ3n) is 7.49. The van der Waals surface area contributed by atoms with Crippen LogP contribution in [0.1, 0.15) is 54.7 Å². The minimum absolute atomic E-state index is 0.0919. The van der Waals surface area contributed by atoms with E-state index in [1.807, 2.05) is 58.9 Å². The summed E-state index contributed by atoms with van der Waals surface area (Å²) in [4.78, 5) is 25.6. The fourth-order valence-corrected chi connectivity index (χ4v) is 6.65. The van der Waals surface area contributed by atoms with Crippen LogP contribution in [-0.2, 0) is 23.4 Å². The van der Waals surface area contributed by atoms with Crippen LogP contribution in [0.5, 0.6) is 11.6 Å². The molecule has 6 atom stereocenters. The predicted molar refractivity (Wildman–Crippen MR) is 177 cm³/mol. The molecule has 1 aliphatic heterocycles. The number of nitrogen functional groups attached to an aromatic ring is 1. The second-order valence-corrected chi connectivity index (χ2v) is 15.2. The van der Waals surface area contributed by atoms with Crippen LogP contribution in [0.3, 0.4) is 0 Å². The van der Waals surface area contributed by atoms with E-state index in [4.69, 9.17) is 29.0 Å². The van der Waals surface area contributed by atoms with Gasteiger partial charge in [0.2, 0.25) is 11.8 Å². The molecule has 0 bridgehead atoms. The topological polar surface area (TPSA) is 202 Å². The van der Waals surface area contributed by atoms with Crippen LogP contribution >= 0.6 is 7.75 Å². The van der Waals surface area contributed by atoms with E-state index in [1.165, 1.54) is 24.7 Å². The summed E-state index contributed by atoms with van der Waals surface area (Å²) >= 11 is 0. The first-order chi connectivity index (χ1) is 22.5. The van der Waals surface area contributed by atoms with Crippen LogP contribution in [0.15, 0.2) is 48.8 Å². The number of imidazole rings is 1. The molecule has 2 aromatic carbocycles. The molecule has 0 radical (unpaired) electrons. The van der Waals surface area contributed by atoms with E-state index in [1.54, 1.807) is 18.2 Å². The fourth-order valence-electron chi connectivity index (χ4n) is 5.13. The van der Waals surface area contributed by atoms with E-state index in [2.05, 4.69) is 20.0 Å². The van der Waals surface area contributed by atoms with Crippen molar-refractivity contribution in [1.29, 1.82) is 0 Å². The molecule has 5 rings (SSSR count). The van der Waals surface area contributed by atoms with Crippen LogP contribution in [0.4, 0.5) is 5.95 Å². The molecule has 4 aromatic rings. The number of carbonyl (C=O) groups is 1. The maximum Gasteiger partial charge on any atom is 0.459 e. The molecule has 0 saturated carbocycles. The summed E-state index contributed by atoms with van der Waals surface area (Å²) in [6.07, 6.45) is -2.86. The Labute approximate surface area is 278 Å². The van der Waals surface area contributed by atoms with Gasteiger partial charge in [0.1, 0.15) is 29.6 Å². The van der Waals surface area contributed by atoms with Gasteiger partial charge in [-0.1, -0.05) is 57.2 Å². The number of anilines is 1. The van der Waals surface area contributed by atoms with Gasteiger partial charge in [-0.25, -0.2) is 9.55 Å². The molecule has 5 N–H and O–H groups in total. The molecule has 1 unspecified atom stereocenters. The molecule has 15 nitrogen and oxygen atoms in total. The minimum Gasteiger partial charge on any atom is -0.473 e. The number of hydrogen-bond donors (Lipinski definition) is 4. The first-order valence-corrected chi connectivity index (χ1v) is 17.1. The lowest BCUT2D eigenvalue weighted by Crippen LogP contribution is -2.44. The average molecular weight is 687 g/mol. The zero-order chi connectivity index (χ0) is 35.0. The quantitative estimate of drug-likeness (QED) is 0.122. The Bertz CT molecular complexity index is 1820. The third-order valence-corrected chi connectivity index (χ3v) is 9.12. The number of nitrogens with two attached hydrogens (primary N) is 1. The van der Waals surface area contributed by atoms with Crippen LogP contribution in [0.2, 0.25) is 0 Å². The highest BCUT2D eigenvalue weighted by molar-refractivity contribution is 7.52. The molecule has 0 aliphatic carbocycles. The third kappa shape index (κ3) is 7.72. The maximum absolute atomic E-state index is 14.4. The maximum atomic E-state index is 14.4. The van der Waals surface area contributed by atoms with Crippen molar-refractivity contribution in [2.45, 2.75) is 84.6 Å². The Morgan fingerprint density at radius 3 is 2.58 bits per heavy atom. The van der Waals surface area contributed by atoms with Crippen molar-refractivity contribution in [1.82, 2.24) is 24.6 Å². The standard InChI is InChI=1S/C32H43N6O9P/c1-18(2)45-27-24-26(35-30(33)36-27)38(17-34-24)29-32(7,41)25(39)23(46-29)15-44-48(42,37-19(3)28(40)43-16-31(4,5)6)47-22-14-10-12-20-11-8-9-13-21(20)22/h8-14,17-19,23,25,29,39,41H,15-16H2,1-7H3,(H,37,42)(H2,33,35,36)/t19-,23+,25+,29+,32+,48?/m0/s1. The lowest BCUT2D eigenvalue weighted by Gasteiger charge is -2.27. The van der Waals surface area contributed by atoms with E-state index in [0.29, 0.717) is 5.39 Å². The van der Waals surface area contributed by atoms with Crippen LogP contribution in [0.25, 0.3) is 21.9 Å². The summed E-state index contributed by atoms with van der Waals surface area (Å²) in [5, 5.41) is 26.9. The molecule has 48 heavy (non-hydrogen) atoms. The van der Waals surface area contributed by atoms with Crippen LogP contribution in [0, 0.1) is 5.41 Å². The molecular formula is C32H43N6O9P. The van der Waals surface area contributed by atoms with Gasteiger partial charge in [-0.15, -0.1) is 0 Å². The van der Waals surface area contributed by atoms with Gasteiger partial charge >= 0.3 is 13.7 Å². The van der Waals surface area contributed by atoms with Gasteiger partial charge in [-0.05, 0) is 44.6 Å². The lowest BCUT2D eigenvalue weighted by atomic mass is 9.96. The van der Waals surface area contributed by atoms with Gasteiger partial charge in [0.25, 0.3) is 0 Å². The van der Waals surface area contributed by atoms with Crippen molar-refractivity contribution in [2.24, 2.45) is 5.41 Å². The predicted octanol–water partition coefficient (Wildman–Crippen LogP) is 4.13. The van der Waals surface area contributed by atoms with Crippen molar-refractivity contribution >= 4 is 41.6 Å². The molecule has 1 saturated heterocycles. The van der Waals surface area contributed by atoms with E-state index in [-0.39, 0.29) is 46.9 Å². The van der Waals surface area contributed by atoms with Crippen molar-refractivity contribution < 1.29 is 42.8 Å². The number of aliphatic hydroxyl groups excluding tert-OH is 1. The Balaban J connectivity index is 1.40. The molecule has 260 valence electrons. The second-order valence-electron chi connectivity index (χ2n) is 13.5. The van der Waals surface area contributed by atoms with Crippen LogP contribution in [-0.4, -0.2) is 78.9 Å². The van der Waals surface area contributed by atoms with Gasteiger partial charge in [0.15, 0.2) is 17.4 Å². The second kappa shape index (κ2) is 13.6. The van der Waals surface area contributed by atoms with E-state index >= 15 is 0 Å². The summed E-state index contributed by atoms with van der Waals surface area (Å²) in [6.45, 7) is 11.9. The van der Waals surface area contributed by atoms with Crippen molar-refractivity contribution in [3.63, 3.8) is 0 Å². The minimum atomic E-state index is -4.38. The zero-order valence-electron chi connectivity index (χ0n) is 28.0. The van der Waals surface area contributed by atoms with E-state index in [9.17, 15) is 19.6 Å². The number of ether oxygens (including phenoxy) is 3. The highest BCUT2D eigenvalue weighted by atomic mass is 31.2. The number of aliphatic hydroxyl groups is 2. The first-order valence-electron chi connectivity index (χ1n) is 15.6. The Morgan fingerprint density at radius 1 is 1.17 bits per heavy atom. The van der Waals surface area contributed by atoms with Crippen molar-refractivity contribution in [2.75, 3.05) is 18.9 Å². The number of carbonyl (C=O) groups excluding carboxylic acids is 1. The molecule has 1 fully saturated rings. The average Bonchev–Trinajstić information content (AvgIpc) is 3.51. The largest absolute Gasteiger partial charge is 0.473 e. The highest BCUT2D eigenvalue weighted by Gasteiger charge is 2.54. The monoisotopic (exact) mass is 686 g/mol. The highest BCUT2D eigenvalue weighted by Crippen LogP contribution is 2.48. The first kappa shape index (κ1) is 35.5. The summed E-state index contributed by atoms with van der Waals surface area (Å²) < 4.78 is 44.9. The van der Waals surface area contributed by atoms with Gasteiger partial charge in [0.05, 0.1) is 25.6 Å². The number of esters is 1. The zero-order valence-corrected chi connectivity index (χ0v) is 28.9. The van der Waals surface area contributed by atoms with Gasteiger partial charge in [-0.2, -0.15) is 15.1 Å².